The molecule has 2 rings (SSSR count). The van der Waals surface area contributed by atoms with Crippen molar-refractivity contribution in [1.29, 1.82) is 0 Å². The molecule has 1 aromatic rings. The van der Waals surface area contributed by atoms with Crippen molar-refractivity contribution in [2.24, 2.45) is 5.92 Å². The molecular formula is C16H24FNO. The summed E-state index contributed by atoms with van der Waals surface area (Å²) in [6, 6.07) is 3.38. The summed E-state index contributed by atoms with van der Waals surface area (Å²) in [6.45, 7) is 7.73. The van der Waals surface area contributed by atoms with Gasteiger partial charge in [0.15, 0.2) is 0 Å². The van der Waals surface area contributed by atoms with Crippen LogP contribution in [0.5, 0.6) is 0 Å². The molecule has 0 aromatic heterocycles. The molecule has 1 aliphatic heterocycles. The molecule has 2 nitrogen and oxygen atoms in total. The quantitative estimate of drug-likeness (QED) is 0.898. The van der Waals surface area contributed by atoms with E-state index in [-0.39, 0.29) is 5.82 Å². The lowest BCUT2D eigenvalue weighted by Crippen LogP contribution is -2.36. The van der Waals surface area contributed by atoms with Crippen LogP contribution in [-0.2, 0) is 0 Å². The number of halogens is 1. The van der Waals surface area contributed by atoms with Crippen LogP contribution in [0.4, 0.5) is 10.1 Å². The van der Waals surface area contributed by atoms with Gasteiger partial charge in [-0.3, -0.25) is 0 Å². The monoisotopic (exact) mass is 265 g/mol. The Morgan fingerprint density at radius 3 is 2.84 bits per heavy atom. The van der Waals surface area contributed by atoms with E-state index in [0.717, 1.165) is 18.8 Å². The molecule has 1 saturated heterocycles. The van der Waals surface area contributed by atoms with Gasteiger partial charge in [-0.25, -0.2) is 4.39 Å². The fraction of sp³-hybridized carbons (Fsp3) is 0.625. The highest BCUT2D eigenvalue weighted by Crippen LogP contribution is 2.32. The number of rotatable bonds is 3. The lowest BCUT2D eigenvalue weighted by Gasteiger charge is -2.36. The Balaban J connectivity index is 2.34. The summed E-state index contributed by atoms with van der Waals surface area (Å²) < 4.78 is 13.7. The van der Waals surface area contributed by atoms with Crippen LogP contribution in [0.2, 0.25) is 0 Å². The summed E-state index contributed by atoms with van der Waals surface area (Å²) >= 11 is 0. The van der Waals surface area contributed by atoms with E-state index >= 15 is 0 Å². The number of hydrogen-bond donors (Lipinski definition) is 1. The molecule has 0 bridgehead atoms. The van der Waals surface area contributed by atoms with Gasteiger partial charge >= 0.3 is 0 Å². The fourth-order valence-corrected chi connectivity index (χ4v) is 2.91. The predicted molar refractivity (Wildman–Crippen MR) is 77.0 cm³/mol. The van der Waals surface area contributed by atoms with Crippen molar-refractivity contribution >= 4 is 5.69 Å². The molecule has 3 heteroatoms. The zero-order chi connectivity index (χ0) is 14.0. The molecule has 0 amide bonds. The van der Waals surface area contributed by atoms with E-state index < -0.39 is 6.10 Å². The third kappa shape index (κ3) is 3.08. The first-order valence-corrected chi connectivity index (χ1v) is 7.26. The number of benzene rings is 1. The van der Waals surface area contributed by atoms with Gasteiger partial charge in [0.1, 0.15) is 5.82 Å². The van der Waals surface area contributed by atoms with E-state index in [1.54, 1.807) is 13.8 Å². The van der Waals surface area contributed by atoms with Gasteiger partial charge in [-0.2, -0.15) is 0 Å². The highest BCUT2D eigenvalue weighted by Gasteiger charge is 2.22. The highest BCUT2D eigenvalue weighted by molar-refractivity contribution is 5.57. The molecule has 106 valence electrons. The van der Waals surface area contributed by atoms with Crippen molar-refractivity contribution in [1.82, 2.24) is 0 Å². The number of aliphatic hydroxyl groups is 1. The average molecular weight is 265 g/mol. The Morgan fingerprint density at radius 1 is 1.47 bits per heavy atom. The zero-order valence-corrected chi connectivity index (χ0v) is 12.1. The van der Waals surface area contributed by atoms with E-state index in [4.69, 9.17) is 0 Å². The van der Waals surface area contributed by atoms with Crippen molar-refractivity contribution in [3.63, 3.8) is 0 Å². The topological polar surface area (TPSA) is 23.5 Å². The number of piperidine rings is 1. The minimum Gasteiger partial charge on any atom is -0.389 e. The van der Waals surface area contributed by atoms with Crippen LogP contribution >= 0.6 is 0 Å². The maximum Gasteiger partial charge on any atom is 0.126 e. The molecule has 0 radical (unpaired) electrons. The third-order valence-corrected chi connectivity index (χ3v) is 4.20. The maximum absolute atomic E-state index is 13.7. The Morgan fingerprint density at radius 2 is 2.21 bits per heavy atom. The molecule has 1 N–H and O–H groups in total. The molecule has 1 heterocycles. The summed E-state index contributed by atoms with van der Waals surface area (Å²) in [7, 11) is 0. The van der Waals surface area contributed by atoms with E-state index in [2.05, 4.69) is 11.8 Å². The number of anilines is 1. The average Bonchev–Trinajstić information content (AvgIpc) is 2.41. The molecule has 0 aliphatic carbocycles. The largest absolute Gasteiger partial charge is 0.389 e. The summed E-state index contributed by atoms with van der Waals surface area (Å²) in [6.07, 6.45) is 3.00. The van der Waals surface area contributed by atoms with Gasteiger partial charge in [0.05, 0.1) is 6.10 Å². The Bertz CT molecular complexity index is 445. The summed E-state index contributed by atoms with van der Waals surface area (Å²) in [5.74, 6) is 0.477. The maximum atomic E-state index is 13.7. The van der Waals surface area contributed by atoms with Gasteiger partial charge in [-0.15, -0.1) is 0 Å². The molecule has 1 fully saturated rings. The number of hydrogen-bond acceptors (Lipinski definition) is 2. The molecule has 19 heavy (non-hydrogen) atoms. The van der Waals surface area contributed by atoms with Gasteiger partial charge < -0.3 is 10.0 Å². The van der Waals surface area contributed by atoms with Crippen LogP contribution in [0.1, 0.15) is 50.3 Å². The van der Waals surface area contributed by atoms with Gasteiger partial charge in [0.2, 0.25) is 0 Å². The van der Waals surface area contributed by atoms with Crippen LogP contribution < -0.4 is 4.90 Å². The number of aryl methyl sites for hydroxylation is 1. The summed E-state index contributed by atoms with van der Waals surface area (Å²) in [5.41, 5.74) is 2.37. The van der Waals surface area contributed by atoms with E-state index in [0.29, 0.717) is 17.0 Å². The van der Waals surface area contributed by atoms with Crippen molar-refractivity contribution in [2.45, 2.75) is 46.1 Å². The van der Waals surface area contributed by atoms with Gasteiger partial charge in [0, 0.05) is 24.3 Å². The van der Waals surface area contributed by atoms with Gasteiger partial charge in [-0.05, 0) is 50.3 Å². The first kappa shape index (κ1) is 14.3. The molecule has 1 aliphatic rings. The molecule has 0 spiro atoms. The second-order valence-electron chi connectivity index (χ2n) is 5.70. The van der Waals surface area contributed by atoms with E-state index in [9.17, 15) is 9.50 Å². The lowest BCUT2D eigenvalue weighted by atomic mass is 9.94. The van der Waals surface area contributed by atoms with Crippen LogP contribution in [0.25, 0.3) is 0 Å². The first-order valence-electron chi connectivity index (χ1n) is 7.26. The predicted octanol–water partition coefficient (Wildman–Crippen LogP) is 3.81. The minimum atomic E-state index is -0.632. The second kappa shape index (κ2) is 5.91. The normalized spacial score (nSPS) is 21.5. The highest BCUT2D eigenvalue weighted by atomic mass is 19.1. The standard InChI is InChI=1S/C16H24FNO/c1-4-13-6-5-7-18(10-13)16-8-11(2)15(17)9-14(16)12(3)19/h8-9,12-13,19H,4-7,10H2,1-3H3/t12-,13?/m1/s1. The summed E-state index contributed by atoms with van der Waals surface area (Å²) in [5, 5.41) is 9.88. The Hall–Kier alpha value is -1.09. The van der Waals surface area contributed by atoms with Crippen LogP contribution in [0.15, 0.2) is 12.1 Å². The third-order valence-electron chi connectivity index (χ3n) is 4.20. The molecule has 1 aromatic carbocycles. The number of nitrogens with zero attached hydrogens (tertiary/aromatic N) is 1. The van der Waals surface area contributed by atoms with Crippen LogP contribution in [0, 0.1) is 18.7 Å². The van der Waals surface area contributed by atoms with E-state index in [1.165, 1.54) is 25.3 Å². The van der Waals surface area contributed by atoms with Crippen molar-refractivity contribution in [2.75, 3.05) is 18.0 Å². The number of aliphatic hydroxyl groups excluding tert-OH is 1. The van der Waals surface area contributed by atoms with Gasteiger partial charge in [-0.1, -0.05) is 13.3 Å². The first-order chi connectivity index (χ1) is 9.02. The van der Waals surface area contributed by atoms with E-state index in [1.807, 2.05) is 6.07 Å². The van der Waals surface area contributed by atoms with Gasteiger partial charge in [0.25, 0.3) is 0 Å². The SMILES string of the molecule is CCC1CCCN(c2cc(C)c(F)cc2[C@@H](C)O)C1. The second-order valence-corrected chi connectivity index (χ2v) is 5.70. The van der Waals surface area contributed by atoms with Crippen LogP contribution in [-0.4, -0.2) is 18.2 Å². The lowest BCUT2D eigenvalue weighted by molar-refractivity contribution is 0.199. The van der Waals surface area contributed by atoms with Crippen molar-refractivity contribution in [3.8, 4) is 0 Å². The van der Waals surface area contributed by atoms with Crippen LogP contribution in [0.3, 0.4) is 0 Å². The smallest absolute Gasteiger partial charge is 0.126 e. The molecular weight excluding hydrogens is 241 g/mol. The fourth-order valence-electron chi connectivity index (χ4n) is 2.91. The molecule has 1 unspecified atom stereocenters. The summed E-state index contributed by atoms with van der Waals surface area (Å²) in [4.78, 5) is 2.31. The van der Waals surface area contributed by atoms with Crippen molar-refractivity contribution < 1.29 is 9.50 Å². The Kier molecular flexibility index (Phi) is 4.46. The molecule has 0 saturated carbocycles. The zero-order valence-electron chi connectivity index (χ0n) is 12.1. The van der Waals surface area contributed by atoms with Crippen molar-refractivity contribution in [3.05, 3.63) is 29.1 Å². The minimum absolute atomic E-state index is 0.233. The molecule has 2 atom stereocenters. The Labute approximate surface area is 115 Å².